The smallest absolute Gasteiger partial charge is 0.315 e. The Hall–Kier alpha value is -3.47. The molecular formula is C28H31ClFN5O3S. The molecule has 3 N–H and O–H groups in total. The van der Waals surface area contributed by atoms with Gasteiger partial charge in [-0.05, 0) is 74.4 Å². The molecule has 0 saturated carbocycles. The van der Waals surface area contributed by atoms with Crippen LogP contribution in [0.5, 0.6) is 0 Å². The molecule has 0 unspecified atom stereocenters. The van der Waals surface area contributed by atoms with Crippen molar-refractivity contribution in [1.82, 2.24) is 24.9 Å². The Balaban J connectivity index is 1.59. The van der Waals surface area contributed by atoms with Crippen molar-refractivity contribution >= 4 is 38.7 Å². The largest absolute Gasteiger partial charge is 0.338 e. The molecule has 0 aliphatic heterocycles. The first kappa shape index (κ1) is 28.5. The van der Waals surface area contributed by atoms with E-state index in [9.17, 15) is 17.6 Å². The minimum atomic E-state index is -3.85. The summed E-state index contributed by atoms with van der Waals surface area (Å²) in [5.41, 5.74) is 2.49. The summed E-state index contributed by atoms with van der Waals surface area (Å²) in [6.07, 6.45) is 0.428. The van der Waals surface area contributed by atoms with Gasteiger partial charge in [0.25, 0.3) is 0 Å². The molecule has 8 nitrogen and oxygen atoms in total. The molecule has 3 aromatic carbocycles. The van der Waals surface area contributed by atoms with Crippen molar-refractivity contribution < 1.29 is 17.6 Å². The summed E-state index contributed by atoms with van der Waals surface area (Å²) in [7, 11) is -3.85. The number of rotatable bonds is 9. The van der Waals surface area contributed by atoms with Crippen molar-refractivity contribution in [2.24, 2.45) is 0 Å². The average molecular weight is 572 g/mol. The number of halogens is 2. The van der Waals surface area contributed by atoms with Gasteiger partial charge in [0.2, 0.25) is 10.0 Å². The highest BCUT2D eigenvalue weighted by Gasteiger charge is 2.19. The predicted octanol–water partition coefficient (Wildman–Crippen LogP) is 5.00. The molecule has 0 saturated heterocycles. The van der Waals surface area contributed by atoms with Crippen LogP contribution in [0.15, 0.2) is 71.6 Å². The number of nitrogens with one attached hydrogen (secondary N) is 3. The molecule has 0 radical (unpaired) electrons. The number of hydrogen-bond donors (Lipinski definition) is 3. The molecular weight excluding hydrogens is 541 g/mol. The molecule has 11 heteroatoms. The first-order valence-corrected chi connectivity index (χ1v) is 14.3. The van der Waals surface area contributed by atoms with Gasteiger partial charge in [0.05, 0.1) is 15.9 Å². The van der Waals surface area contributed by atoms with Crippen molar-refractivity contribution in [1.29, 1.82) is 0 Å². The number of aromatic nitrogens is 2. The molecule has 1 heterocycles. The normalized spacial score (nSPS) is 12.0. The van der Waals surface area contributed by atoms with E-state index >= 15 is 0 Å². The number of hydrogen-bond acceptors (Lipinski definition) is 4. The maximum absolute atomic E-state index is 13.2. The zero-order valence-corrected chi connectivity index (χ0v) is 23.5. The van der Waals surface area contributed by atoms with Gasteiger partial charge < -0.3 is 15.2 Å². The molecule has 4 aromatic rings. The van der Waals surface area contributed by atoms with Crippen molar-refractivity contribution in [3.63, 3.8) is 0 Å². The number of urea groups is 1. The van der Waals surface area contributed by atoms with Gasteiger partial charge in [-0.1, -0.05) is 35.9 Å². The SMILES string of the molecule is CC(C)(C)NC(=O)NCCc1nc2cc(S(=O)(=O)NCc3ccc(F)cc3)ccc2n1Cc1cccc(Cl)c1. The van der Waals surface area contributed by atoms with Gasteiger partial charge in [-0.2, -0.15) is 0 Å². The number of carbonyl (C=O) groups excluding carboxylic acids is 1. The van der Waals surface area contributed by atoms with E-state index < -0.39 is 10.0 Å². The summed E-state index contributed by atoms with van der Waals surface area (Å²) >= 11 is 6.20. The minimum absolute atomic E-state index is 0.0252. The number of amides is 2. The summed E-state index contributed by atoms with van der Waals surface area (Å²) < 4.78 is 43.7. The summed E-state index contributed by atoms with van der Waals surface area (Å²) in [5, 5.41) is 6.32. The monoisotopic (exact) mass is 571 g/mol. The third-order valence-electron chi connectivity index (χ3n) is 5.84. The summed E-state index contributed by atoms with van der Waals surface area (Å²) in [6.45, 7) is 6.53. The van der Waals surface area contributed by atoms with Crippen LogP contribution in [0.3, 0.4) is 0 Å². The van der Waals surface area contributed by atoms with Gasteiger partial charge in [-0.3, -0.25) is 0 Å². The van der Waals surface area contributed by atoms with Crippen LogP contribution in [0, 0.1) is 5.82 Å². The molecule has 0 aliphatic carbocycles. The maximum Gasteiger partial charge on any atom is 0.315 e. The van der Waals surface area contributed by atoms with Crippen molar-refractivity contribution in [3.05, 3.63) is 94.5 Å². The topological polar surface area (TPSA) is 105 Å². The van der Waals surface area contributed by atoms with Crippen LogP contribution in [-0.4, -0.2) is 36.1 Å². The number of fused-ring (bicyclic) bond motifs is 1. The van der Waals surface area contributed by atoms with Crippen LogP contribution < -0.4 is 15.4 Å². The average Bonchev–Trinajstić information content (AvgIpc) is 3.19. The van der Waals surface area contributed by atoms with Crippen LogP contribution in [0.25, 0.3) is 11.0 Å². The molecule has 206 valence electrons. The predicted molar refractivity (Wildman–Crippen MR) is 151 cm³/mol. The van der Waals surface area contributed by atoms with Crippen LogP contribution in [0.1, 0.15) is 37.7 Å². The standard InChI is InChI=1S/C28H31ClFN5O3S/c1-28(2,3)34-27(36)31-14-13-26-33-24-16-23(39(37,38)32-17-19-7-9-22(30)10-8-19)11-12-25(24)35(26)18-20-5-4-6-21(29)15-20/h4-12,15-16,32H,13-14,17-18H2,1-3H3,(H2,31,34,36). The first-order chi connectivity index (χ1) is 18.4. The van der Waals surface area contributed by atoms with Crippen molar-refractivity contribution in [2.75, 3.05) is 6.54 Å². The van der Waals surface area contributed by atoms with E-state index in [2.05, 4.69) is 15.4 Å². The number of sulfonamides is 1. The highest BCUT2D eigenvalue weighted by Crippen LogP contribution is 2.23. The third kappa shape index (κ3) is 7.78. The van der Waals surface area contributed by atoms with Crippen molar-refractivity contribution in [3.8, 4) is 0 Å². The lowest BCUT2D eigenvalue weighted by atomic mass is 10.1. The molecule has 1 aromatic heterocycles. The Labute approximate surface area is 232 Å². The molecule has 0 fully saturated rings. The summed E-state index contributed by atoms with van der Waals surface area (Å²) in [5.74, 6) is 0.302. The number of benzene rings is 3. The molecule has 4 rings (SSSR count). The van der Waals surface area contributed by atoms with E-state index in [0.29, 0.717) is 41.4 Å². The van der Waals surface area contributed by atoms with Crippen molar-refractivity contribution in [2.45, 2.75) is 50.7 Å². The first-order valence-electron chi connectivity index (χ1n) is 12.4. The lowest BCUT2D eigenvalue weighted by Crippen LogP contribution is -2.46. The Kier molecular flexibility index (Phi) is 8.58. The molecule has 0 aliphatic rings. The molecule has 0 atom stereocenters. The van der Waals surface area contributed by atoms with Gasteiger partial charge in [-0.15, -0.1) is 0 Å². The van der Waals surface area contributed by atoms with Crippen LogP contribution in [0.2, 0.25) is 5.02 Å². The molecule has 0 spiro atoms. The van der Waals surface area contributed by atoms with E-state index in [4.69, 9.17) is 16.6 Å². The van der Waals surface area contributed by atoms with Gasteiger partial charge >= 0.3 is 6.03 Å². The third-order valence-corrected chi connectivity index (χ3v) is 7.48. The zero-order valence-electron chi connectivity index (χ0n) is 22.0. The molecule has 39 heavy (non-hydrogen) atoms. The second kappa shape index (κ2) is 11.7. The quantitative estimate of drug-likeness (QED) is 0.263. The maximum atomic E-state index is 13.2. The van der Waals surface area contributed by atoms with Crippen LogP contribution in [-0.2, 0) is 29.5 Å². The van der Waals surface area contributed by atoms with E-state index in [1.807, 2.05) is 43.5 Å². The fourth-order valence-electron chi connectivity index (χ4n) is 4.05. The minimum Gasteiger partial charge on any atom is -0.338 e. The fraction of sp³-hybridized carbons (Fsp3) is 0.286. The Morgan fingerprint density at radius 1 is 1.03 bits per heavy atom. The lowest BCUT2D eigenvalue weighted by Gasteiger charge is -2.20. The fourth-order valence-corrected chi connectivity index (χ4v) is 5.30. The van der Waals surface area contributed by atoms with E-state index in [0.717, 1.165) is 11.1 Å². The van der Waals surface area contributed by atoms with E-state index in [1.54, 1.807) is 12.1 Å². The second-order valence-corrected chi connectivity index (χ2v) is 12.4. The second-order valence-electron chi connectivity index (χ2n) is 10.2. The van der Waals surface area contributed by atoms with E-state index in [-0.39, 0.29) is 28.8 Å². The summed E-state index contributed by atoms with van der Waals surface area (Å²) in [4.78, 5) is 17.0. The number of imidazole rings is 1. The zero-order chi connectivity index (χ0) is 28.2. The van der Waals surface area contributed by atoms with Crippen LogP contribution >= 0.6 is 11.6 Å². The van der Waals surface area contributed by atoms with Gasteiger partial charge in [0.15, 0.2) is 0 Å². The van der Waals surface area contributed by atoms with E-state index in [1.165, 1.54) is 36.4 Å². The lowest BCUT2D eigenvalue weighted by molar-refractivity contribution is 0.232. The Morgan fingerprint density at radius 3 is 2.46 bits per heavy atom. The van der Waals surface area contributed by atoms with Crippen LogP contribution in [0.4, 0.5) is 9.18 Å². The Bertz CT molecular complexity index is 1580. The number of carbonyl (C=O) groups is 1. The van der Waals surface area contributed by atoms with Gasteiger partial charge in [0.1, 0.15) is 11.6 Å². The highest BCUT2D eigenvalue weighted by molar-refractivity contribution is 7.89. The Morgan fingerprint density at radius 2 is 1.77 bits per heavy atom. The van der Waals surface area contributed by atoms with Gasteiger partial charge in [-0.25, -0.2) is 27.3 Å². The highest BCUT2D eigenvalue weighted by atomic mass is 35.5. The van der Waals surface area contributed by atoms with Gasteiger partial charge in [0, 0.05) is 36.6 Å². The summed E-state index contributed by atoms with van der Waals surface area (Å²) in [6, 6.07) is 17.6. The molecule has 0 bridgehead atoms. The molecule has 2 amide bonds. The number of nitrogens with zero attached hydrogens (tertiary/aromatic N) is 2.